The predicted molar refractivity (Wildman–Crippen MR) is 68.2 cm³/mol. The first-order chi connectivity index (χ1) is 9.13. The van der Waals surface area contributed by atoms with E-state index in [1.807, 2.05) is 0 Å². The minimum absolute atomic E-state index is 0.148. The molecule has 1 saturated carbocycles. The summed E-state index contributed by atoms with van der Waals surface area (Å²) in [6, 6.07) is 1.47. The highest BCUT2D eigenvalue weighted by atomic mass is 16.3. The van der Waals surface area contributed by atoms with E-state index in [4.69, 9.17) is 5.73 Å². The molecule has 0 aliphatic heterocycles. The summed E-state index contributed by atoms with van der Waals surface area (Å²) in [5.74, 6) is 0.0622. The van der Waals surface area contributed by atoms with Gasteiger partial charge in [-0.05, 0) is 12.5 Å². The summed E-state index contributed by atoms with van der Waals surface area (Å²) in [6.45, 7) is -0.148. The number of aliphatic hydroxyl groups is 3. The molecule has 0 aromatic carbocycles. The van der Waals surface area contributed by atoms with Gasteiger partial charge in [0.05, 0.1) is 17.5 Å². The minimum Gasteiger partial charge on any atom is -0.396 e. The second-order valence-electron chi connectivity index (χ2n) is 4.95. The molecule has 19 heavy (non-hydrogen) atoms. The van der Waals surface area contributed by atoms with Gasteiger partial charge < -0.3 is 25.6 Å². The number of hydrogen-bond donors (Lipinski definition) is 4. The Morgan fingerprint density at radius 3 is 2.79 bits per heavy atom. The molecule has 7 nitrogen and oxygen atoms in total. The van der Waals surface area contributed by atoms with Gasteiger partial charge in [-0.1, -0.05) is 0 Å². The van der Waals surface area contributed by atoms with Crippen LogP contribution in [-0.2, 0) is 0 Å². The third-order valence-electron chi connectivity index (χ3n) is 3.90. The Bertz CT molecular complexity index is 600. The summed E-state index contributed by atoms with van der Waals surface area (Å²) in [4.78, 5) is 8.09. The van der Waals surface area contributed by atoms with Crippen LogP contribution in [0.3, 0.4) is 0 Å². The van der Waals surface area contributed by atoms with Crippen molar-refractivity contribution in [3.8, 4) is 0 Å². The molecule has 3 rings (SSSR count). The van der Waals surface area contributed by atoms with Crippen molar-refractivity contribution < 1.29 is 15.3 Å². The van der Waals surface area contributed by atoms with Crippen LogP contribution in [0.2, 0.25) is 0 Å². The zero-order chi connectivity index (χ0) is 13.6. The summed E-state index contributed by atoms with van der Waals surface area (Å²) in [5.41, 5.74) is 6.39. The highest BCUT2D eigenvalue weighted by molar-refractivity contribution is 5.86. The Labute approximate surface area is 109 Å². The van der Waals surface area contributed by atoms with Crippen LogP contribution in [0.25, 0.3) is 11.0 Å². The van der Waals surface area contributed by atoms with Gasteiger partial charge in [0.25, 0.3) is 0 Å². The van der Waals surface area contributed by atoms with Crippen LogP contribution in [0.1, 0.15) is 12.5 Å². The molecule has 4 atom stereocenters. The summed E-state index contributed by atoms with van der Waals surface area (Å²) in [6.07, 6.45) is 1.79. The molecule has 1 aliphatic carbocycles. The number of fused-ring (bicyclic) bond motifs is 1. The van der Waals surface area contributed by atoms with Gasteiger partial charge in [-0.15, -0.1) is 0 Å². The molecule has 7 heteroatoms. The zero-order valence-electron chi connectivity index (χ0n) is 10.2. The molecule has 2 aromatic heterocycles. The van der Waals surface area contributed by atoms with Crippen molar-refractivity contribution in [3.63, 3.8) is 0 Å². The Morgan fingerprint density at radius 1 is 1.32 bits per heavy atom. The lowest BCUT2D eigenvalue weighted by Gasteiger charge is -2.18. The van der Waals surface area contributed by atoms with E-state index in [1.54, 1.807) is 16.8 Å². The molecular formula is C12H16N4O3. The van der Waals surface area contributed by atoms with E-state index in [-0.39, 0.29) is 18.6 Å². The first-order valence-electron chi connectivity index (χ1n) is 6.17. The van der Waals surface area contributed by atoms with Crippen molar-refractivity contribution in [2.24, 2.45) is 5.92 Å². The Hall–Kier alpha value is -1.70. The number of aliphatic hydroxyl groups excluding tert-OH is 3. The van der Waals surface area contributed by atoms with Gasteiger partial charge in [-0.3, -0.25) is 0 Å². The second-order valence-corrected chi connectivity index (χ2v) is 4.95. The van der Waals surface area contributed by atoms with Crippen LogP contribution in [0.5, 0.6) is 0 Å². The largest absolute Gasteiger partial charge is 0.396 e. The maximum atomic E-state index is 10.1. The number of nitrogens with zero attached hydrogens (tertiary/aromatic N) is 3. The van der Waals surface area contributed by atoms with E-state index in [0.717, 1.165) is 5.39 Å². The fourth-order valence-electron chi connectivity index (χ4n) is 2.81. The quantitative estimate of drug-likeness (QED) is 0.569. The molecule has 5 N–H and O–H groups in total. The standard InChI is InChI=1S/C12H16N4O3/c13-11-7-1-2-16(12(7)15-5-14-11)8-3-6(4-17)9(18)10(8)19/h1-2,5-6,8-10,17-19H,3-4H2,(H2,13,14,15)/t6-,8-,9-,10+/m1/s1. The molecule has 0 amide bonds. The molecule has 0 unspecified atom stereocenters. The van der Waals surface area contributed by atoms with Gasteiger partial charge in [-0.25, -0.2) is 9.97 Å². The van der Waals surface area contributed by atoms with E-state index >= 15 is 0 Å². The summed E-state index contributed by atoms with van der Waals surface area (Å²) < 4.78 is 1.79. The van der Waals surface area contributed by atoms with Crippen LogP contribution in [-0.4, -0.2) is 48.7 Å². The monoisotopic (exact) mass is 264 g/mol. The first kappa shape index (κ1) is 12.3. The highest BCUT2D eigenvalue weighted by Gasteiger charge is 2.42. The summed E-state index contributed by atoms with van der Waals surface area (Å²) in [7, 11) is 0. The number of hydrogen-bond acceptors (Lipinski definition) is 6. The minimum atomic E-state index is -0.927. The average molecular weight is 264 g/mol. The summed E-state index contributed by atoms with van der Waals surface area (Å²) >= 11 is 0. The Morgan fingerprint density at radius 2 is 2.11 bits per heavy atom. The maximum absolute atomic E-state index is 10.1. The zero-order valence-corrected chi connectivity index (χ0v) is 10.2. The van der Waals surface area contributed by atoms with Gasteiger partial charge in [0.2, 0.25) is 0 Å². The molecule has 102 valence electrons. The second kappa shape index (κ2) is 4.44. The molecule has 0 bridgehead atoms. The number of nitrogens with two attached hydrogens (primary N) is 1. The topological polar surface area (TPSA) is 117 Å². The van der Waals surface area contributed by atoms with Crippen molar-refractivity contribution in [1.29, 1.82) is 0 Å². The van der Waals surface area contributed by atoms with Crippen LogP contribution >= 0.6 is 0 Å². The number of rotatable bonds is 2. The SMILES string of the molecule is Nc1ncnc2c1ccn2[C@@H]1C[C@H](CO)[C@@H](O)[C@H]1O. The van der Waals surface area contributed by atoms with E-state index in [0.29, 0.717) is 17.9 Å². The van der Waals surface area contributed by atoms with Crippen molar-refractivity contribution >= 4 is 16.9 Å². The molecular weight excluding hydrogens is 248 g/mol. The predicted octanol–water partition coefficient (Wildman–Crippen LogP) is -0.711. The van der Waals surface area contributed by atoms with Crippen molar-refractivity contribution in [3.05, 3.63) is 18.6 Å². The van der Waals surface area contributed by atoms with Crippen molar-refractivity contribution in [1.82, 2.24) is 14.5 Å². The van der Waals surface area contributed by atoms with E-state index in [2.05, 4.69) is 9.97 Å². The van der Waals surface area contributed by atoms with E-state index in [1.165, 1.54) is 6.33 Å². The smallest absolute Gasteiger partial charge is 0.145 e. The fourth-order valence-corrected chi connectivity index (χ4v) is 2.81. The van der Waals surface area contributed by atoms with Crippen LogP contribution in [0.4, 0.5) is 5.82 Å². The van der Waals surface area contributed by atoms with E-state index in [9.17, 15) is 15.3 Å². The fraction of sp³-hybridized carbons (Fsp3) is 0.500. The molecule has 0 radical (unpaired) electrons. The third kappa shape index (κ3) is 1.78. The van der Waals surface area contributed by atoms with Crippen LogP contribution < -0.4 is 5.73 Å². The average Bonchev–Trinajstić information content (AvgIpc) is 2.94. The molecule has 1 fully saturated rings. The van der Waals surface area contributed by atoms with Gasteiger partial charge in [0.15, 0.2) is 0 Å². The third-order valence-corrected chi connectivity index (χ3v) is 3.90. The lowest BCUT2D eigenvalue weighted by atomic mass is 10.1. The lowest BCUT2D eigenvalue weighted by molar-refractivity contribution is -0.00365. The van der Waals surface area contributed by atoms with Crippen molar-refractivity contribution in [2.45, 2.75) is 24.7 Å². The molecule has 0 saturated heterocycles. The molecule has 2 aromatic rings. The Kier molecular flexibility index (Phi) is 2.89. The highest BCUT2D eigenvalue weighted by Crippen LogP contribution is 2.37. The number of anilines is 1. The normalized spacial score (nSPS) is 31.1. The van der Waals surface area contributed by atoms with Gasteiger partial charge in [0.1, 0.15) is 23.9 Å². The summed E-state index contributed by atoms with van der Waals surface area (Å²) in [5, 5.41) is 29.9. The molecule has 1 aliphatic rings. The van der Waals surface area contributed by atoms with Gasteiger partial charge >= 0.3 is 0 Å². The first-order valence-corrected chi connectivity index (χ1v) is 6.17. The molecule has 0 spiro atoms. The van der Waals surface area contributed by atoms with Crippen LogP contribution in [0.15, 0.2) is 18.6 Å². The van der Waals surface area contributed by atoms with Crippen molar-refractivity contribution in [2.75, 3.05) is 12.3 Å². The van der Waals surface area contributed by atoms with Crippen LogP contribution in [0, 0.1) is 5.92 Å². The molecule has 2 heterocycles. The number of aromatic nitrogens is 3. The van der Waals surface area contributed by atoms with Gasteiger partial charge in [-0.2, -0.15) is 0 Å². The maximum Gasteiger partial charge on any atom is 0.145 e. The van der Waals surface area contributed by atoms with Gasteiger partial charge in [0, 0.05) is 18.7 Å². The number of nitrogen functional groups attached to an aromatic ring is 1. The van der Waals surface area contributed by atoms with E-state index < -0.39 is 12.2 Å². The lowest BCUT2D eigenvalue weighted by Crippen LogP contribution is -2.30. The Balaban J connectivity index is 2.04.